The molecule has 1 amide bonds. The zero-order valence-corrected chi connectivity index (χ0v) is 20.0. The van der Waals surface area contributed by atoms with Crippen LogP contribution in [-0.4, -0.2) is 67.0 Å². The summed E-state index contributed by atoms with van der Waals surface area (Å²) in [6.45, 7) is 4.08. The molecule has 0 aliphatic carbocycles. The van der Waals surface area contributed by atoms with Crippen LogP contribution < -0.4 is 10.2 Å². The van der Waals surface area contributed by atoms with Gasteiger partial charge in [-0.3, -0.25) is 9.89 Å². The maximum Gasteiger partial charge on any atom is 0.256 e. The molecule has 180 valence electrons. The van der Waals surface area contributed by atoms with Gasteiger partial charge in [-0.2, -0.15) is 14.7 Å². The largest absolute Gasteiger partial charge is 0.369 e. The van der Waals surface area contributed by atoms with Crippen LogP contribution in [-0.2, 0) is 23.1 Å². The maximum absolute atomic E-state index is 13.1. The van der Waals surface area contributed by atoms with E-state index in [0.29, 0.717) is 22.6 Å². The van der Waals surface area contributed by atoms with Gasteiger partial charge in [0.05, 0.1) is 28.8 Å². The number of carbonyl (C=O) groups is 1. The molecule has 11 heteroatoms. The highest BCUT2D eigenvalue weighted by atomic mass is 32.2. The van der Waals surface area contributed by atoms with Gasteiger partial charge in [0, 0.05) is 49.5 Å². The monoisotopic (exact) mass is 491 g/mol. The van der Waals surface area contributed by atoms with E-state index in [0.717, 1.165) is 31.9 Å². The number of fused-ring (bicyclic) bond motifs is 1. The number of anilines is 2. The van der Waals surface area contributed by atoms with Crippen molar-refractivity contribution in [1.29, 1.82) is 5.26 Å². The van der Waals surface area contributed by atoms with Crippen LogP contribution >= 0.6 is 0 Å². The number of benzene rings is 2. The predicted molar refractivity (Wildman–Crippen MR) is 130 cm³/mol. The Labute approximate surface area is 203 Å². The molecular weight excluding hydrogens is 466 g/mol. The van der Waals surface area contributed by atoms with E-state index in [1.165, 1.54) is 16.4 Å². The number of likely N-dealkylation sites (N-methyl/N-ethyl adjacent to an activating group) is 1. The molecular formula is C24H25N7O3S. The van der Waals surface area contributed by atoms with Crippen LogP contribution in [0.15, 0.2) is 53.4 Å². The molecule has 2 N–H and O–H groups in total. The molecule has 35 heavy (non-hydrogen) atoms. The third-order valence-electron chi connectivity index (χ3n) is 6.45. The normalized spacial score (nSPS) is 16.6. The highest BCUT2D eigenvalue weighted by Crippen LogP contribution is 2.32. The number of sulfonamides is 1. The van der Waals surface area contributed by atoms with Crippen molar-refractivity contribution >= 4 is 27.4 Å². The standard InChI is InChI=1S/C24H25N7O3S/c1-29-9-11-30(12-10-29)19-7-5-18(6-8-19)24(32)26-23-21-15-31(16-22(21)27-28-23)35(33,34)20-4-2-3-17(13-20)14-25/h2-8,13H,9-12,15-16H2,1H3,(H2,26,27,28,32). The summed E-state index contributed by atoms with van der Waals surface area (Å²) in [4.78, 5) is 17.5. The Hall–Kier alpha value is -3.72. The lowest BCUT2D eigenvalue weighted by Gasteiger charge is -2.34. The minimum absolute atomic E-state index is 0.0562. The maximum atomic E-state index is 13.1. The fourth-order valence-corrected chi connectivity index (χ4v) is 5.75. The Morgan fingerprint density at radius 2 is 1.83 bits per heavy atom. The Balaban J connectivity index is 1.27. The van der Waals surface area contributed by atoms with Gasteiger partial charge in [-0.05, 0) is 49.5 Å². The summed E-state index contributed by atoms with van der Waals surface area (Å²) in [5.74, 6) is 0.00359. The molecule has 0 bridgehead atoms. The molecule has 2 aliphatic rings. The van der Waals surface area contributed by atoms with E-state index in [2.05, 4.69) is 32.4 Å². The van der Waals surface area contributed by atoms with Gasteiger partial charge >= 0.3 is 0 Å². The number of aromatic amines is 1. The fourth-order valence-electron chi connectivity index (χ4n) is 4.33. The van der Waals surface area contributed by atoms with E-state index < -0.39 is 10.0 Å². The molecule has 5 rings (SSSR count). The molecule has 0 spiro atoms. The van der Waals surface area contributed by atoms with E-state index in [9.17, 15) is 13.2 Å². The lowest BCUT2D eigenvalue weighted by molar-refractivity contribution is 0.102. The number of nitriles is 1. The van der Waals surface area contributed by atoms with Crippen molar-refractivity contribution in [2.45, 2.75) is 18.0 Å². The zero-order valence-electron chi connectivity index (χ0n) is 19.2. The quantitative estimate of drug-likeness (QED) is 0.559. The van der Waals surface area contributed by atoms with Crippen LogP contribution in [0.4, 0.5) is 11.5 Å². The lowest BCUT2D eigenvalue weighted by Crippen LogP contribution is -2.44. The molecule has 0 atom stereocenters. The van der Waals surface area contributed by atoms with Crippen LogP contribution in [0.25, 0.3) is 0 Å². The van der Waals surface area contributed by atoms with Gasteiger partial charge in [0.1, 0.15) is 0 Å². The third-order valence-corrected chi connectivity index (χ3v) is 8.24. The topological polar surface area (TPSA) is 125 Å². The molecule has 2 aromatic carbocycles. The number of hydrogen-bond donors (Lipinski definition) is 2. The molecule has 0 radical (unpaired) electrons. The van der Waals surface area contributed by atoms with Gasteiger partial charge < -0.3 is 15.1 Å². The number of rotatable bonds is 5. The molecule has 2 aliphatic heterocycles. The molecule has 0 saturated carbocycles. The van der Waals surface area contributed by atoms with Crippen molar-refractivity contribution in [2.75, 3.05) is 43.4 Å². The van der Waals surface area contributed by atoms with E-state index >= 15 is 0 Å². The van der Waals surface area contributed by atoms with Crippen LogP contribution in [0.2, 0.25) is 0 Å². The van der Waals surface area contributed by atoms with E-state index in [1.807, 2.05) is 18.2 Å². The van der Waals surface area contributed by atoms with Gasteiger partial charge in [-0.25, -0.2) is 8.42 Å². The number of H-pyrrole nitrogens is 1. The number of amides is 1. The van der Waals surface area contributed by atoms with E-state index in [-0.39, 0.29) is 29.5 Å². The van der Waals surface area contributed by atoms with Crippen molar-refractivity contribution in [3.63, 3.8) is 0 Å². The van der Waals surface area contributed by atoms with Gasteiger partial charge in [0.2, 0.25) is 10.0 Å². The zero-order chi connectivity index (χ0) is 24.6. The number of nitrogens with zero attached hydrogens (tertiary/aromatic N) is 5. The van der Waals surface area contributed by atoms with Crippen molar-refractivity contribution in [1.82, 2.24) is 19.4 Å². The van der Waals surface area contributed by atoms with Crippen LogP contribution in [0.3, 0.4) is 0 Å². The summed E-state index contributed by atoms with van der Waals surface area (Å²) < 4.78 is 27.5. The Morgan fingerprint density at radius 3 is 2.54 bits per heavy atom. The molecule has 0 unspecified atom stereocenters. The Bertz CT molecular complexity index is 1400. The van der Waals surface area contributed by atoms with Crippen LogP contribution in [0, 0.1) is 11.3 Å². The summed E-state index contributed by atoms with van der Waals surface area (Å²) in [5.41, 5.74) is 3.11. The summed E-state index contributed by atoms with van der Waals surface area (Å²) >= 11 is 0. The average Bonchev–Trinajstić information content (AvgIpc) is 3.47. The lowest BCUT2D eigenvalue weighted by atomic mass is 10.1. The second kappa shape index (κ2) is 9.14. The van der Waals surface area contributed by atoms with E-state index in [4.69, 9.17) is 5.26 Å². The van der Waals surface area contributed by atoms with Crippen LogP contribution in [0.1, 0.15) is 27.2 Å². The molecule has 1 saturated heterocycles. The van der Waals surface area contributed by atoms with Gasteiger partial charge in [0.15, 0.2) is 5.82 Å². The van der Waals surface area contributed by atoms with E-state index in [1.54, 1.807) is 24.3 Å². The molecule has 1 fully saturated rings. The van der Waals surface area contributed by atoms with Gasteiger partial charge in [-0.15, -0.1) is 0 Å². The average molecular weight is 492 g/mol. The molecule has 3 heterocycles. The van der Waals surface area contributed by atoms with Crippen molar-refractivity contribution < 1.29 is 13.2 Å². The first-order chi connectivity index (χ1) is 16.8. The van der Waals surface area contributed by atoms with Gasteiger partial charge in [-0.1, -0.05) is 6.07 Å². The molecule has 1 aromatic heterocycles. The number of hydrogen-bond acceptors (Lipinski definition) is 7. The minimum Gasteiger partial charge on any atom is -0.369 e. The Kier molecular flexibility index (Phi) is 6.02. The smallest absolute Gasteiger partial charge is 0.256 e. The first-order valence-electron chi connectivity index (χ1n) is 11.3. The summed E-state index contributed by atoms with van der Waals surface area (Å²) in [6, 6.07) is 15.3. The highest BCUT2D eigenvalue weighted by Gasteiger charge is 2.34. The first kappa shape index (κ1) is 23.0. The Morgan fingerprint density at radius 1 is 1.09 bits per heavy atom. The summed E-state index contributed by atoms with van der Waals surface area (Å²) in [5, 5.41) is 18.9. The summed E-state index contributed by atoms with van der Waals surface area (Å²) in [6.07, 6.45) is 0. The van der Waals surface area contributed by atoms with Gasteiger partial charge in [0.25, 0.3) is 5.91 Å². The van der Waals surface area contributed by atoms with Crippen molar-refractivity contribution in [3.05, 3.63) is 70.9 Å². The SMILES string of the molecule is CN1CCN(c2ccc(C(=O)Nc3n[nH]c4c3CN(S(=O)(=O)c3cccc(C#N)c3)C4)cc2)CC1. The molecule has 10 nitrogen and oxygen atoms in total. The van der Waals surface area contributed by atoms with Crippen LogP contribution in [0.5, 0.6) is 0 Å². The first-order valence-corrected chi connectivity index (χ1v) is 12.7. The second-order valence-electron chi connectivity index (χ2n) is 8.73. The number of aromatic nitrogens is 2. The minimum atomic E-state index is -3.81. The van der Waals surface area contributed by atoms with Crippen molar-refractivity contribution in [2.24, 2.45) is 0 Å². The fraction of sp³-hybridized carbons (Fsp3) is 0.292. The second-order valence-corrected chi connectivity index (χ2v) is 10.7. The number of carbonyl (C=O) groups excluding carboxylic acids is 1. The number of nitrogens with one attached hydrogen (secondary N) is 2. The predicted octanol–water partition coefficient (Wildman–Crippen LogP) is 1.99. The highest BCUT2D eigenvalue weighted by molar-refractivity contribution is 7.89. The third kappa shape index (κ3) is 4.51. The van der Waals surface area contributed by atoms with Crippen molar-refractivity contribution in [3.8, 4) is 6.07 Å². The summed E-state index contributed by atoms with van der Waals surface area (Å²) in [7, 11) is -1.70. The molecule has 3 aromatic rings. The number of piperazine rings is 1.